The van der Waals surface area contributed by atoms with Gasteiger partial charge in [-0.25, -0.2) is 0 Å². The second kappa shape index (κ2) is 4.35. The Morgan fingerprint density at radius 2 is 2.07 bits per heavy atom. The summed E-state index contributed by atoms with van der Waals surface area (Å²) in [6.45, 7) is -3.19. The Bertz CT molecular complexity index is 399. The van der Waals surface area contributed by atoms with E-state index < -0.39 is 33.8 Å². The molecule has 0 spiro atoms. The SMILES string of the molecule is O=[N+]([O-])c1c(F)ccc(OC(F)F)c1Cl. The summed E-state index contributed by atoms with van der Waals surface area (Å²) in [4.78, 5) is 9.20. The smallest absolute Gasteiger partial charge is 0.387 e. The van der Waals surface area contributed by atoms with E-state index in [1.165, 1.54) is 0 Å². The molecule has 0 amide bonds. The molecule has 82 valence electrons. The number of benzene rings is 1. The lowest BCUT2D eigenvalue weighted by Crippen LogP contribution is -2.04. The number of alkyl halides is 2. The highest BCUT2D eigenvalue weighted by Gasteiger charge is 2.24. The van der Waals surface area contributed by atoms with Gasteiger partial charge in [-0.2, -0.15) is 13.2 Å². The van der Waals surface area contributed by atoms with Crippen LogP contribution in [0.2, 0.25) is 5.02 Å². The van der Waals surface area contributed by atoms with E-state index in [2.05, 4.69) is 4.74 Å². The standard InChI is InChI=1S/C7H3ClF3NO3/c8-5-4(15-7(10)11)2-1-3(9)6(5)12(13)14/h1-2,7H. The van der Waals surface area contributed by atoms with Gasteiger partial charge in [0, 0.05) is 0 Å². The van der Waals surface area contributed by atoms with Crippen molar-refractivity contribution in [2.75, 3.05) is 0 Å². The van der Waals surface area contributed by atoms with E-state index in [-0.39, 0.29) is 0 Å². The molecule has 0 aromatic heterocycles. The maximum Gasteiger partial charge on any atom is 0.387 e. The summed E-state index contributed by atoms with van der Waals surface area (Å²) < 4.78 is 40.3. The maximum atomic E-state index is 12.8. The minimum absolute atomic E-state index is 0.627. The number of hydrogen-bond acceptors (Lipinski definition) is 3. The molecule has 15 heavy (non-hydrogen) atoms. The molecule has 0 aliphatic rings. The van der Waals surface area contributed by atoms with Gasteiger partial charge in [-0.1, -0.05) is 11.6 Å². The van der Waals surface area contributed by atoms with E-state index in [1.54, 1.807) is 0 Å². The van der Waals surface area contributed by atoms with Crippen molar-refractivity contribution in [1.29, 1.82) is 0 Å². The van der Waals surface area contributed by atoms with Crippen molar-refractivity contribution in [1.82, 2.24) is 0 Å². The van der Waals surface area contributed by atoms with Crippen molar-refractivity contribution in [3.8, 4) is 5.75 Å². The molecule has 0 heterocycles. The van der Waals surface area contributed by atoms with Crippen molar-refractivity contribution in [3.63, 3.8) is 0 Å². The number of rotatable bonds is 3. The molecule has 0 fully saturated rings. The van der Waals surface area contributed by atoms with E-state index in [9.17, 15) is 23.3 Å². The van der Waals surface area contributed by atoms with Crippen molar-refractivity contribution >= 4 is 17.3 Å². The van der Waals surface area contributed by atoms with Crippen LogP contribution >= 0.6 is 11.6 Å². The predicted octanol–water partition coefficient (Wildman–Crippen LogP) is 2.99. The third-order valence-corrected chi connectivity index (χ3v) is 1.80. The molecule has 1 rings (SSSR count). The summed E-state index contributed by atoms with van der Waals surface area (Å²) >= 11 is 5.31. The van der Waals surface area contributed by atoms with Gasteiger partial charge in [0.25, 0.3) is 0 Å². The summed E-state index contributed by atoms with van der Waals surface area (Å²) in [5, 5.41) is 9.53. The quantitative estimate of drug-likeness (QED) is 0.604. The Balaban J connectivity index is 3.22. The van der Waals surface area contributed by atoms with E-state index in [0.29, 0.717) is 6.07 Å². The largest absolute Gasteiger partial charge is 0.433 e. The van der Waals surface area contributed by atoms with Gasteiger partial charge in [-0.3, -0.25) is 10.1 Å². The monoisotopic (exact) mass is 241 g/mol. The van der Waals surface area contributed by atoms with Crippen molar-refractivity contribution in [2.45, 2.75) is 6.61 Å². The van der Waals surface area contributed by atoms with Crippen LogP contribution in [0.1, 0.15) is 0 Å². The zero-order chi connectivity index (χ0) is 11.6. The van der Waals surface area contributed by atoms with Gasteiger partial charge in [0.05, 0.1) is 4.92 Å². The van der Waals surface area contributed by atoms with Crippen LogP contribution in [-0.2, 0) is 0 Å². The first-order valence-electron chi connectivity index (χ1n) is 3.50. The summed E-state index contributed by atoms with van der Waals surface area (Å²) in [5.41, 5.74) is -1.09. The van der Waals surface area contributed by atoms with Gasteiger partial charge in [-0.15, -0.1) is 0 Å². The maximum absolute atomic E-state index is 12.8. The molecule has 4 nitrogen and oxygen atoms in total. The molecule has 0 bridgehead atoms. The van der Waals surface area contributed by atoms with Gasteiger partial charge >= 0.3 is 12.3 Å². The molecule has 1 aromatic carbocycles. The van der Waals surface area contributed by atoms with Crippen LogP contribution in [0.3, 0.4) is 0 Å². The van der Waals surface area contributed by atoms with Crippen LogP contribution in [0.5, 0.6) is 5.75 Å². The lowest BCUT2D eigenvalue weighted by atomic mass is 10.3. The lowest BCUT2D eigenvalue weighted by Gasteiger charge is -2.06. The second-order valence-corrected chi connectivity index (χ2v) is 2.72. The number of nitro groups is 1. The third kappa shape index (κ3) is 2.50. The summed E-state index contributed by atoms with van der Waals surface area (Å²) in [5.74, 6) is -1.86. The molecule has 0 radical (unpaired) electrons. The third-order valence-electron chi connectivity index (χ3n) is 1.43. The average molecular weight is 242 g/mol. The number of nitrogens with zero attached hydrogens (tertiary/aromatic N) is 1. The van der Waals surface area contributed by atoms with Crippen molar-refractivity contribution < 1.29 is 22.8 Å². The lowest BCUT2D eigenvalue weighted by molar-refractivity contribution is -0.387. The van der Waals surface area contributed by atoms with Crippen LogP contribution in [0.15, 0.2) is 12.1 Å². The Hall–Kier alpha value is -1.50. The first-order valence-corrected chi connectivity index (χ1v) is 3.88. The minimum atomic E-state index is -3.19. The fourth-order valence-corrected chi connectivity index (χ4v) is 1.14. The topological polar surface area (TPSA) is 52.4 Å². The molecule has 1 aromatic rings. The fourth-order valence-electron chi connectivity index (χ4n) is 0.877. The molecule has 0 N–H and O–H groups in total. The van der Waals surface area contributed by atoms with Crippen LogP contribution in [0.4, 0.5) is 18.9 Å². The Kier molecular flexibility index (Phi) is 3.35. The highest BCUT2D eigenvalue weighted by molar-refractivity contribution is 6.34. The molecular formula is C7H3ClF3NO3. The molecule has 0 atom stereocenters. The van der Waals surface area contributed by atoms with E-state index in [4.69, 9.17) is 11.6 Å². The highest BCUT2D eigenvalue weighted by atomic mass is 35.5. The summed E-state index contributed by atoms with van der Waals surface area (Å²) in [6, 6.07) is 1.42. The summed E-state index contributed by atoms with van der Waals surface area (Å²) in [7, 11) is 0. The van der Waals surface area contributed by atoms with Crippen molar-refractivity contribution in [3.05, 3.63) is 33.1 Å². The van der Waals surface area contributed by atoms with Gasteiger partial charge in [0.15, 0.2) is 10.8 Å². The number of hydrogen-bond donors (Lipinski definition) is 0. The highest BCUT2D eigenvalue weighted by Crippen LogP contribution is 2.36. The first kappa shape index (κ1) is 11.6. The second-order valence-electron chi connectivity index (χ2n) is 2.34. The molecule has 8 heteroatoms. The van der Waals surface area contributed by atoms with E-state index in [1.807, 2.05) is 0 Å². The molecule has 0 saturated carbocycles. The van der Waals surface area contributed by atoms with Gasteiger partial charge in [-0.05, 0) is 12.1 Å². The number of nitro benzene ring substituents is 1. The van der Waals surface area contributed by atoms with Crippen LogP contribution in [-0.4, -0.2) is 11.5 Å². The van der Waals surface area contributed by atoms with Crippen LogP contribution in [0, 0.1) is 15.9 Å². The molecular weight excluding hydrogens is 239 g/mol. The van der Waals surface area contributed by atoms with Crippen molar-refractivity contribution in [2.24, 2.45) is 0 Å². The van der Waals surface area contributed by atoms with E-state index >= 15 is 0 Å². The average Bonchev–Trinajstić information content (AvgIpc) is 2.09. The van der Waals surface area contributed by atoms with Crippen LogP contribution in [0.25, 0.3) is 0 Å². The Labute approximate surface area is 86.4 Å². The first-order chi connectivity index (χ1) is 6.93. The van der Waals surface area contributed by atoms with Gasteiger partial charge in [0.2, 0.25) is 5.82 Å². The summed E-state index contributed by atoms with van der Waals surface area (Å²) in [6.07, 6.45) is 0. The zero-order valence-corrected chi connectivity index (χ0v) is 7.67. The normalized spacial score (nSPS) is 10.5. The zero-order valence-electron chi connectivity index (χ0n) is 6.92. The molecule has 0 aliphatic carbocycles. The number of ether oxygens (including phenoxy) is 1. The fraction of sp³-hybridized carbons (Fsp3) is 0.143. The molecule has 0 aliphatic heterocycles. The predicted molar refractivity (Wildman–Crippen MR) is 44.7 cm³/mol. The Morgan fingerprint density at radius 1 is 1.47 bits per heavy atom. The van der Waals surface area contributed by atoms with Crippen LogP contribution < -0.4 is 4.74 Å². The van der Waals surface area contributed by atoms with Gasteiger partial charge in [0.1, 0.15) is 0 Å². The van der Waals surface area contributed by atoms with E-state index in [0.717, 1.165) is 6.07 Å². The number of halogens is 4. The van der Waals surface area contributed by atoms with Gasteiger partial charge < -0.3 is 4.74 Å². The molecule has 0 saturated heterocycles. The Morgan fingerprint density at radius 3 is 2.53 bits per heavy atom. The molecule has 0 unspecified atom stereocenters. The minimum Gasteiger partial charge on any atom is -0.433 e.